The zero-order chi connectivity index (χ0) is 14.4. The van der Waals surface area contributed by atoms with Crippen molar-refractivity contribution in [1.29, 1.82) is 10.5 Å². The lowest BCUT2D eigenvalue weighted by molar-refractivity contribution is 0.697. The Bertz CT molecular complexity index is 749. The molecule has 1 N–H and O–H groups in total. The molecule has 0 aliphatic heterocycles. The van der Waals surface area contributed by atoms with Gasteiger partial charge in [0, 0.05) is 31.0 Å². The molecule has 5 nitrogen and oxygen atoms in total. The van der Waals surface area contributed by atoms with E-state index in [-0.39, 0.29) is 5.56 Å². The van der Waals surface area contributed by atoms with Gasteiger partial charge < -0.3 is 9.88 Å². The average molecular weight is 264 g/mol. The first-order chi connectivity index (χ1) is 9.74. The van der Waals surface area contributed by atoms with Gasteiger partial charge in [0.05, 0.1) is 11.1 Å². The van der Waals surface area contributed by atoms with Crippen LogP contribution < -0.4 is 10.9 Å². The highest BCUT2D eigenvalue weighted by Gasteiger charge is 2.02. The summed E-state index contributed by atoms with van der Waals surface area (Å²) in [5.41, 5.74) is 1.41. The van der Waals surface area contributed by atoms with Gasteiger partial charge in [0.2, 0.25) is 0 Å². The minimum Gasteiger partial charge on any atom is -0.383 e. The van der Waals surface area contributed by atoms with Crippen LogP contribution in [0.2, 0.25) is 0 Å². The van der Waals surface area contributed by atoms with Crippen LogP contribution in [0.3, 0.4) is 0 Å². The topological polar surface area (TPSA) is 81.6 Å². The maximum absolute atomic E-state index is 11.5. The van der Waals surface area contributed by atoms with E-state index in [1.54, 1.807) is 41.1 Å². The molecule has 2 rings (SSSR count). The summed E-state index contributed by atoms with van der Waals surface area (Å²) >= 11 is 0. The van der Waals surface area contributed by atoms with Gasteiger partial charge in [0.1, 0.15) is 12.1 Å². The molecule has 1 aromatic heterocycles. The molecule has 0 unspecified atom stereocenters. The highest BCUT2D eigenvalue weighted by molar-refractivity contribution is 5.56. The van der Waals surface area contributed by atoms with E-state index >= 15 is 0 Å². The summed E-state index contributed by atoms with van der Waals surface area (Å²) in [6.07, 6.45) is 1.73. The normalized spacial score (nSPS) is 9.50. The third-order valence-corrected chi connectivity index (χ3v) is 2.84. The molecule has 1 heterocycles. The number of anilines is 1. The number of pyridine rings is 1. The largest absolute Gasteiger partial charge is 0.383 e. The fourth-order valence-electron chi connectivity index (χ4n) is 1.81. The first-order valence-electron chi connectivity index (χ1n) is 6.08. The number of rotatable bonds is 4. The molecule has 5 heteroatoms. The SMILES string of the molecule is N#Cc1ccc(NCCn2ccccc2=O)cc1C#N. The predicted molar refractivity (Wildman–Crippen MR) is 75.1 cm³/mol. The van der Waals surface area contributed by atoms with Crippen molar-refractivity contribution < 1.29 is 0 Å². The fraction of sp³-hybridized carbons (Fsp3) is 0.133. The lowest BCUT2D eigenvalue weighted by Crippen LogP contribution is -2.22. The van der Waals surface area contributed by atoms with Gasteiger partial charge in [0.15, 0.2) is 0 Å². The molecule has 20 heavy (non-hydrogen) atoms. The lowest BCUT2D eigenvalue weighted by Gasteiger charge is -2.08. The number of benzene rings is 1. The van der Waals surface area contributed by atoms with Crippen LogP contribution in [0.25, 0.3) is 0 Å². The fourth-order valence-corrected chi connectivity index (χ4v) is 1.81. The van der Waals surface area contributed by atoms with Crippen molar-refractivity contribution >= 4 is 5.69 Å². The van der Waals surface area contributed by atoms with Gasteiger partial charge in [-0.05, 0) is 24.3 Å². The van der Waals surface area contributed by atoms with Crippen LogP contribution in [-0.2, 0) is 6.54 Å². The molecular formula is C15H12N4O. The number of hydrogen-bond donors (Lipinski definition) is 1. The molecule has 0 saturated heterocycles. The number of hydrogen-bond acceptors (Lipinski definition) is 4. The van der Waals surface area contributed by atoms with Crippen LogP contribution in [-0.4, -0.2) is 11.1 Å². The standard InChI is InChI=1S/C15H12N4O/c16-10-12-4-5-14(9-13(12)11-17)18-6-8-19-7-2-1-3-15(19)20/h1-5,7,9,18H,6,8H2. The number of nitrogens with zero attached hydrogens (tertiary/aromatic N) is 3. The Kier molecular flexibility index (Phi) is 4.16. The third-order valence-electron chi connectivity index (χ3n) is 2.84. The molecule has 0 radical (unpaired) electrons. The lowest BCUT2D eigenvalue weighted by atomic mass is 10.1. The van der Waals surface area contributed by atoms with Crippen molar-refractivity contribution in [2.75, 3.05) is 11.9 Å². The second-order valence-electron chi connectivity index (χ2n) is 4.14. The summed E-state index contributed by atoms with van der Waals surface area (Å²) in [6, 6.07) is 13.9. The van der Waals surface area contributed by atoms with Crippen LogP contribution in [0.5, 0.6) is 0 Å². The Balaban J connectivity index is 2.02. The molecule has 0 saturated carbocycles. The molecule has 0 amide bonds. The van der Waals surface area contributed by atoms with Crippen molar-refractivity contribution in [2.24, 2.45) is 0 Å². The minimum atomic E-state index is -0.0492. The van der Waals surface area contributed by atoms with Gasteiger partial charge >= 0.3 is 0 Å². The van der Waals surface area contributed by atoms with Crippen LogP contribution in [0.15, 0.2) is 47.4 Å². The van der Waals surface area contributed by atoms with Crippen LogP contribution >= 0.6 is 0 Å². The molecule has 1 aromatic carbocycles. The van der Waals surface area contributed by atoms with E-state index < -0.39 is 0 Å². The quantitative estimate of drug-likeness (QED) is 0.911. The van der Waals surface area contributed by atoms with Gasteiger partial charge in [-0.1, -0.05) is 6.07 Å². The van der Waals surface area contributed by atoms with E-state index in [0.29, 0.717) is 24.2 Å². The summed E-state index contributed by atoms with van der Waals surface area (Å²) in [7, 11) is 0. The molecule has 0 bridgehead atoms. The van der Waals surface area contributed by atoms with E-state index in [0.717, 1.165) is 5.69 Å². The summed E-state index contributed by atoms with van der Waals surface area (Å²) < 4.78 is 1.60. The van der Waals surface area contributed by atoms with Gasteiger partial charge in [-0.15, -0.1) is 0 Å². The Morgan fingerprint density at radius 1 is 1.10 bits per heavy atom. The molecule has 98 valence electrons. The van der Waals surface area contributed by atoms with Crippen LogP contribution in [0, 0.1) is 22.7 Å². The van der Waals surface area contributed by atoms with Crippen molar-refractivity contribution in [3.63, 3.8) is 0 Å². The molecule has 2 aromatic rings. The second-order valence-corrected chi connectivity index (χ2v) is 4.14. The van der Waals surface area contributed by atoms with E-state index in [1.165, 1.54) is 6.07 Å². The Morgan fingerprint density at radius 2 is 1.90 bits per heavy atom. The first-order valence-corrected chi connectivity index (χ1v) is 6.08. The van der Waals surface area contributed by atoms with Crippen molar-refractivity contribution in [3.05, 3.63) is 64.1 Å². The van der Waals surface area contributed by atoms with E-state index in [9.17, 15) is 4.79 Å². The molecule has 0 fully saturated rings. The average Bonchev–Trinajstić information content (AvgIpc) is 2.49. The molecule has 0 atom stereocenters. The second kappa shape index (κ2) is 6.21. The monoisotopic (exact) mass is 264 g/mol. The third kappa shape index (κ3) is 3.04. The van der Waals surface area contributed by atoms with E-state index in [4.69, 9.17) is 10.5 Å². The van der Waals surface area contributed by atoms with Gasteiger partial charge in [-0.3, -0.25) is 4.79 Å². The molecule has 0 aliphatic rings. The molecule has 0 spiro atoms. The van der Waals surface area contributed by atoms with E-state index in [1.807, 2.05) is 12.1 Å². The maximum atomic E-state index is 11.5. The van der Waals surface area contributed by atoms with Gasteiger partial charge in [-0.2, -0.15) is 10.5 Å². The highest BCUT2D eigenvalue weighted by atomic mass is 16.1. The number of nitriles is 2. The van der Waals surface area contributed by atoms with Gasteiger partial charge in [-0.25, -0.2) is 0 Å². The Labute approximate surface area is 116 Å². The molecular weight excluding hydrogens is 252 g/mol. The number of nitrogens with one attached hydrogen (secondary N) is 1. The maximum Gasteiger partial charge on any atom is 0.250 e. The predicted octanol–water partition coefficient (Wildman–Crippen LogP) is 1.70. The zero-order valence-electron chi connectivity index (χ0n) is 10.7. The Morgan fingerprint density at radius 3 is 2.60 bits per heavy atom. The number of aromatic nitrogens is 1. The van der Waals surface area contributed by atoms with Crippen LogP contribution in [0.1, 0.15) is 11.1 Å². The summed E-state index contributed by atoms with van der Waals surface area (Å²) in [5, 5.41) is 20.9. The Hall–Kier alpha value is -3.05. The summed E-state index contributed by atoms with van der Waals surface area (Å²) in [5.74, 6) is 0. The zero-order valence-corrected chi connectivity index (χ0v) is 10.7. The summed E-state index contributed by atoms with van der Waals surface area (Å²) in [6.45, 7) is 1.09. The van der Waals surface area contributed by atoms with Crippen molar-refractivity contribution in [3.8, 4) is 12.1 Å². The van der Waals surface area contributed by atoms with Crippen molar-refractivity contribution in [2.45, 2.75) is 6.54 Å². The minimum absolute atomic E-state index is 0.0492. The highest BCUT2D eigenvalue weighted by Crippen LogP contribution is 2.14. The van der Waals surface area contributed by atoms with E-state index in [2.05, 4.69) is 5.32 Å². The van der Waals surface area contributed by atoms with Crippen LogP contribution in [0.4, 0.5) is 5.69 Å². The first kappa shape index (κ1) is 13.4. The smallest absolute Gasteiger partial charge is 0.250 e. The molecule has 0 aliphatic carbocycles. The summed E-state index contributed by atoms with van der Waals surface area (Å²) in [4.78, 5) is 11.5. The van der Waals surface area contributed by atoms with Gasteiger partial charge in [0.25, 0.3) is 5.56 Å². The van der Waals surface area contributed by atoms with Crippen molar-refractivity contribution in [1.82, 2.24) is 4.57 Å².